The van der Waals surface area contributed by atoms with Crippen LogP contribution in [0.15, 0.2) is 60.8 Å². The van der Waals surface area contributed by atoms with Crippen molar-refractivity contribution in [2.24, 2.45) is 5.92 Å². The van der Waals surface area contributed by atoms with Crippen LogP contribution in [0.25, 0.3) is 0 Å². The van der Waals surface area contributed by atoms with Gasteiger partial charge in [-0.25, -0.2) is 0 Å². The number of aliphatic hydroxyl groups is 2. The highest BCUT2D eigenvalue weighted by molar-refractivity contribution is 6.08. The molecule has 3 aliphatic heterocycles. The highest BCUT2D eigenvalue weighted by Crippen LogP contribution is 2.47. The van der Waals surface area contributed by atoms with Crippen molar-refractivity contribution < 1.29 is 24.6 Å². The maximum Gasteiger partial charge on any atom is 0.264 e. The van der Waals surface area contributed by atoms with Gasteiger partial charge in [-0.2, -0.15) is 0 Å². The molecule has 2 saturated heterocycles. The smallest absolute Gasteiger partial charge is 0.264 e. The molecule has 0 spiro atoms. The van der Waals surface area contributed by atoms with Crippen molar-refractivity contribution in [2.75, 3.05) is 34.4 Å². The van der Waals surface area contributed by atoms with E-state index < -0.39 is 17.4 Å². The van der Waals surface area contributed by atoms with Crippen molar-refractivity contribution in [1.29, 1.82) is 0 Å². The van der Waals surface area contributed by atoms with Crippen molar-refractivity contribution >= 4 is 34.8 Å². The Labute approximate surface area is 256 Å². The molecule has 11 nitrogen and oxygen atoms in total. The number of fused-ring (bicyclic) bond motifs is 1. The van der Waals surface area contributed by atoms with Crippen LogP contribution in [0, 0.1) is 5.92 Å². The molecule has 11 heteroatoms. The monoisotopic (exact) mass is 598 g/mol. The van der Waals surface area contributed by atoms with Gasteiger partial charge in [0.2, 0.25) is 11.8 Å². The summed E-state index contributed by atoms with van der Waals surface area (Å²) in [6.45, 7) is 3.98. The van der Waals surface area contributed by atoms with E-state index in [1.807, 2.05) is 55.5 Å². The summed E-state index contributed by atoms with van der Waals surface area (Å²) in [6.07, 6.45) is 9.31. The molecule has 0 saturated carbocycles. The molecule has 2 aromatic carbocycles. The van der Waals surface area contributed by atoms with Gasteiger partial charge in [0.1, 0.15) is 0 Å². The van der Waals surface area contributed by atoms with Gasteiger partial charge in [0.25, 0.3) is 5.91 Å². The lowest BCUT2D eigenvalue weighted by atomic mass is 9.82. The Hall–Kier alpha value is -4.35. The van der Waals surface area contributed by atoms with Gasteiger partial charge in [-0.3, -0.25) is 19.1 Å². The van der Waals surface area contributed by atoms with Crippen LogP contribution in [0.1, 0.15) is 55.8 Å². The molecule has 0 aliphatic carbocycles. The fraction of sp³-hybridized carbons (Fsp3) is 0.424. The molecule has 0 unspecified atom stereocenters. The summed E-state index contributed by atoms with van der Waals surface area (Å²) in [5, 5.41) is 29.4. The Kier molecular flexibility index (Phi) is 8.33. The van der Waals surface area contributed by atoms with E-state index in [1.54, 1.807) is 31.6 Å². The molecule has 0 radical (unpaired) electrons. The summed E-state index contributed by atoms with van der Waals surface area (Å²) in [5.74, 6) is -0.825. The molecule has 230 valence electrons. The number of anilines is 3. The highest BCUT2D eigenvalue weighted by atomic mass is 16.3. The van der Waals surface area contributed by atoms with Crippen LogP contribution < -0.4 is 14.7 Å². The number of carbonyl (C=O) groups is 3. The van der Waals surface area contributed by atoms with E-state index in [0.29, 0.717) is 62.3 Å². The molecular formula is C33H38N6O5. The molecule has 3 aliphatic rings. The Morgan fingerprint density at radius 1 is 0.977 bits per heavy atom. The Balaban J connectivity index is 1.25. The lowest BCUT2D eigenvalue weighted by molar-refractivity contribution is -0.139. The Bertz CT molecular complexity index is 1580. The minimum Gasteiger partial charge on any atom is -0.396 e. The van der Waals surface area contributed by atoms with E-state index in [0.717, 1.165) is 29.8 Å². The van der Waals surface area contributed by atoms with Crippen molar-refractivity contribution in [3.05, 3.63) is 77.6 Å². The normalized spacial score (nSPS) is 20.9. The predicted octanol–water partition coefficient (Wildman–Crippen LogP) is 3.08. The zero-order valence-corrected chi connectivity index (χ0v) is 24.9. The molecule has 4 heterocycles. The van der Waals surface area contributed by atoms with E-state index in [2.05, 4.69) is 10.3 Å². The van der Waals surface area contributed by atoms with Gasteiger partial charge < -0.3 is 24.9 Å². The fourth-order valence-electron chi connectivity index (χ4n) is 6.39. The molecule has 3 aromatic rings. The maximum atomic E-state index is 14.1. The number of hydrogen-bond acceptors (Lipinski definition) is 7. The summed E-state index contributed by atoms with van der Waals surface area (Å²) in [6, 6.07) is 13.1. The quantitative estimate of drug-likeness (QED) is 0.324. The fourth-order valence-corrected chi connectivity index (χ4v) is 6.39. The lowest BCUT2D eigenvalue weighted by Gasteiger charge is -2.28. The molecule has 1 aromatic heterocycles. The molecular weight excluding hydrogens is 560 g/mol. The topological polar surface area (TPSA) is 132 Å². The van der Waals surface area contributed by atoms with Crippen LogP contribution in [0.5, 0.6) is 0 Å². The van der Waals surface area contributed by atoms with E-state index in [1.165, 1.54) is 0 Å². The number of aromatic nitrogens is 3. The van der Waals surface area contributed by atoms with E-state index in [9.17, 15) is 19.5 Å². The summed E-state index contributed by atoms with van der Waals surface area (Å²) in [7, 11) is 0. The maximum absolute atomic E-state index is 14.1. The van der Waals surface area contributed by atoms with Crippen LogP contribution >= 0.6 is 0 Å². The van der Waals surface area contributed by atoms with E-state index in [-0.39, 0.29) is 25.0 Å². The van der Waals surface area contributed by atoms with Gasteiger partial charge in [0, 0.05) is 74.6 Å². The van der Waals surface area contributed by atoms with Crippen molar-refractivity contribution in [2.45, 2.75) is 64.1 Å². The highest BCUT2D eigenvalue weighted by Gasteiger charge is 2.52. The lowest BCUT2D eigenvalue weighted by Crippen LogP contribution is -2.44. The number of benzene rings is 2. The standard InChI is InChI=1S/C33H38N6O5/c1-23(6-2-3-16-36-22-25(15-19-40)34-35-36)33(44)28-20-27(38-18-5-8-31(38)42)13-14-29(28)39(32(33)43)21-24-9-11-26(12-10-24)37-17-4-7-30(37)41/h2,6,9-14,20,22-23,40,44H,3-5,7-8,15-19,21H2,1H3/b6-2+/t23-,33+/m0/s1. The number of rotatable bonds is 11. The molecule has 6 rings (SSSR count). The molecule has 2 atom stereocenters. The molecule has 2 N–H and O–H groups in total. The Morgan fingerprint density at radius 2 is 1.66 bits per heavy atom. The largest absolute Gasteiger partial charge is 0.396 e. The second-order valence-electron chi connectivity index (χ2n) is 11.8. The molecule has 3 amide bonds. The van der Waals surface area contributed by atoms with Crippen molar-refractivity contribution in [1.82, 2.24) is 15.0 Å². The average molecular weight is 599 g/mol. The van der Waals surface area contributed by atoms with Crippen LogP contribution in [-0.4, -0.2) is 62.6 Å². The average Bonchev–Trinajstić information content (AvgIpc) is 3.81. The van der Waals surface area contributed by atoms with Gasteiger partial charge in [0.15, 0.2) is 5.60 Å². The predicted molar refractivity (Wildman–Crippen MR) is 165 cm³/mol. The third kappa shape index (κ3) is 5.53. The van der Waals surface area contributed by atoms with Crippen molar-refractivity contribution in [3.63, 3.8) is 0 Å². The number of hydrogen-bond donors (Lipinski definition) is 2. The van der Waals surface area contributed by atoms with Gasteiger partial charge in [-0.05, 0) is 55.2 Å². The van der Waals surface area contributed by atoms with E-state index in [4.69, 9.17) is 5.11 Å². The third-order valence-corrected chi connectivity index (χ3v) is 8.86. The first-order valence-corrected chi connectivity index (χ1v) is 15.3. The number of aryl methyl sites for hydroxylation is 1. The van der Waals surface area contributed by atoms with Gasteiger partial charge in [0.05, 0.1) is 17.9 Å². The summed E-state index contributed by atoms with van der Waals surface area (Å²) in [4.78, 5) is 44.0. The first-order valence-electron chi connectivity index (χ1n) is 15.3. The van der Waals surface area contributed by atoms with Gasteiger partial charge in [-0.1, -0.05) is 36.4 Å². The minimum atomic E-state index is -1.83. The summed E-state index contributed by atoms with van der Waals surface area (Å²) in [5.41, 5.74) is 2.40. The second kappa shape index (κ2) is 12.3. The van der Waals surface area contributed by atoms with Gasteiger partial charge >= 0.3 is 0 Å². The van der Waals surface area contributed by atoms with E-state index >= 15 is 0 Å². The number of amides is 3. The minimum absolute atomic E-state index is 0.0137. The zero-order chi connectivity index (χ0) is 30.8. The molecule has 2 fully saturated rings. The Morgan fingerprint density at radius 3 is 2.32 bits per heavy atom. The van der Waals surface area contributed by atoms with Gasteiger partial charge in [-0.15, -0.1) is 5.10 Å². The second-order valence-corrected chi connectivity index (χ2v) is 11.8. The number of carbonyl (C=O) groups excluding carboxylic acids is 3. The third-order valence-electron chi connectivity index (χ3n) is 8.86. The summed E-state index contributed by atoms with van der Waals surface area (Å²) < 4.78 is 1.71. The van der Waals surface area contributed by atoms with Crippen molar-refractivity contribution in [3.8, 4) is 0 Å². The first kappa shape index (κ1) is 29.7. The van der Waals surface area contributed by atoms with Crippen LogP contribution in [0.4, 0.5) is 17.1 Å². The number of allylic oxidation sites excluding steroid dienone is 1. The zero-order valence-electron chi connectivity index (χ0n) is 24.9. The molecule has 0 bridgehead atoms. The molecule has 44 heavy (non-hydrogen) atoms. The van der Waals surface area contributed by atoms with Crippen LogP contribution in [0.2, 0.25) is 0 Å². The SMILES string of the molecule is C[C@@H](/C=C/CCn1cc(CCO)nn1)[C@]1(O)C(=O)N(Cc2ccc(N3CCCC3=O)cc2)c2ccc(N3CCCC3=O)cc21. The number of nitrogens with zero attached hydrogens (tertiary/aromatic N) is 6. The van der Waals surface area contributed by atoms with Crippen LogP contribution in [-0.2, 0) is 39.5 Å². The first-order chi connectivity index (χ1) is 21.3. The van der Waals surface area contributed by atoms with Crippen LogP contribution in [0.3, 0.4) is 0 Å². The summed E-state index contributed by atoms with van der Waals surface area (Å²) >= 11 is 0. The number of aliphatic hydroxyl groups excluding tert-OH is 1.